The Morgan fingerprint density at radius 1 is 1.14 bits per heavy atom. The molecule has 2 saturated heterocycles. The summed E-state index contributed by atoms with van der Waals surface area (Å²) in [5.74, 6) is -0.332. The first-order valence-corrected chi connectivity index (χ1v) is 9.83. The van der Waals surface area contributed by atoms with Crippen LogP contribution in [-0.2, 0) is 4.79 Å². The summed E-state index contributed by atoms with van der Waals surface area (Å²) in [4.78, 5) is 30.7. The number of ether oxygens (including phenoxy) is 1. The molecule has 0 N–H and O–H groups in total. The third kappa shape index (κ3) is 4.59. The fourth-order valence-electron chi connectivity index (χ4n) is 4.16. The van der Waals surface area contributed by atoms with Crippen molar-refractivity contribution >= 4 is 17.6 Å². The van der Waals surface area contributed by atoms with Crippen LogP contribution < -0.4 is 9.64 Å². The molecule has 2 aliphatic rings. The highest BCUT2D eigenvalue weighted by molar-refractivity contribution is 6.00. The number of nitrogens with zero attached hydrogens (tertiary/aromatic N) is 3. The zero-order chi connectivity index (χ0) is 21.2. The van der Waals surface area contributed by atoms with Crippen molar-refractivity contribution in [2.24, 2.45) is 5.41 Å². The summed E-state index contributed by atoms with van der Waals surface area (Å²) in [7, 11) is 1.78. The van der Waals surface area contributed by atoms with Crippen molar-refractivity contribution in [3.05, 3.63) is 24.3 Å². The van der Waals surface area contributed by atoms with Crippen LogP contribution in [0.4, 0.5) is 23.7 Å². The molecule has 0 saturated carbocycles. The van der Waals surface area contributed by atoms with Gasteiger partial charge >= 0.3 is 12.4 Å². The molecule has 0 bridgehead atoms. The number of carbonyl (C=O) groups excluding carboxylic acids is 2. The molecular weight excluding hydrogens is 387 g/mol. The van der Waals surface area contributed by atoms with Crippen LogP contribution in [0.2, 0.25) is 0 Å². The third-order valence-corrected chi connectivity index (χ3v) is 5.77. The van der Waals surface area contributed by atoms with Gasteiger partial charge in [0.05, 0.1) is 5.41 Å². The smallest absolute Gasteiger partial charge is 0.406 e. The number of benzene rings is 1. The minimum atomic E-state index is -4.74. The van der Waals surface area contributed by atoms with Crippen molar-refractivity contribution in [1.82, 2.24) is 9.80 Å². The molecule has 9 heteroatoms. The summed E-state index contributed by atoms with van der Waals surface area (Å²) in [5.41, 5.74) is 0.0592. The Balaban J connectivity index is 1.62. The summed E-state index contributed by atoms with van der Waals surface area (Å²) in [6.45, 7) is 4.29. The van der Waals surface area contributed by atoms with Crippen molar-refractivity contribution in [2.45, 2.75) is 39.0 Å². The van der Waals surface area contributed by atoms with E-state index in [1.807, 2.05) is 6.92 Å². The van der Waals surface area contributed by atoms with E-state index in [0.717, 1.165) is 6.42 Å². The molecule has 0 atom stereocenters. The van der Waals surface area contributed by atoms with E-state index in [2.05, 4.69) is 4.74 Å². The molecule has 0 radical (unpaired) electrons. The van der Waals surface area contributed by atoms with Crippen molar-refractivity contribution in [3.8, 4) is 5.75 Å². The van der Waals surface area contributed by atoms with Crippen molar-refractivity contribution in [2.75, 3.05) is 38.1 Å². The lowest BCUT2D eigenvalue weighted by atomic mass is 9.77. The van der Waals surface area contributed by atoms with Gasteiger partial charge in [-0.1, -0.05) is 6.92 Å². The fourth-order valence-corrected chi connectivity index (χ4v) is 4.16. The van der Waals surface area contributed by atoms with Crippen LogP contribution in [0.25, 0.3) is 0 Å². The van der Waals surface area contributed by atoms with Crippen LogP contribution in [0.15, 0.2) is 24.3 Å². The van der Waals surface area contributed by atoms with Crippen LogP contribution in [0.3, 0.4) is 0 Å². The second kappa shape index (κ2) is 8.12. The lowest BCUT2D eigenvalue weighted by Crippen LogP contribution is -2.50. The molecule has 1 aromatic rings. The predicted molar refractivity (Wildman–Crippen MR) is 102 cm³/mol. The zero-order valence-electron chi connectivity index (χ0n) is 16.7. The lowest BCUT2D eigenvalue weighted by molar-refractivity contribution is -0.274. The van der Waals surface area contributed by atoms with Gasteiger partial charge in [0.2, 0.25) is 5.91 Å². The van der Waals surface area contributed by atoms with Gasteiger partial charge in [0.15, 0.2) is 0 Å². The number of carbonyl (C=O) groups is 2. The highest BCUT2D eigenvalue weighted by Gasteiger charge is 2.49. The number of alkyl halides is 3. The van der Waals surface area contributed by atoms with Gasteiger partial charge in [-0.2, -0.15) is 0 Å². The summed E-state index contributed by atoms with van der Waals surface area (Å²) in [6.07, 6.45) is -1.97. The van der Waals surface area contributed by atoms with Gasteiger partial charge in [-0.05, 0) is 49.9 Å². The Labute approximate surface area is 168 Å². The second-order valence-electron chi connectivity index (χ2n) is 7.72. The average molecular weight is 413 g/mol. The van der Waals surface area contributed by atoms with Crippen molar-refractivity contribution in [3.63, 3.8) is 0 Å². The van der Waals surface area contributed by atoms with Gasteiger partial charge in [0.1, 0.15) is 5.75 Å². The SMILES string of the molecule is CCCN(C)C(=O)N1CCC2(CC1)CCN(c1ccc(OC(F)(F)F)cc1)C2=O. The number of anilines is 1. The number of hydrogen-bond acceptors (Lipinski definition) is 3. The molecule has 0 unspecified atom stereocenters. The topological polar surface area (TPSA) is 53.1 Å². The average Bonchev–Trinajstić information content (AvgIpc) is 2.98. The van der Waals surface area contributed by atoms with Crippen molar-refractivity contribution in [1.29, 1.82) is 0 Å². The molecule has 2 fully saturated rings. The molecule has 1 aromatic carbocycles. The molecule has 0 aromatic heterocycles. The van der Waals surface area contributed by atoms with Crippen LogP contribution in [0.5, 0.6) is 5.75 Å². The maximum absolute atomic E-state index is 13.1. The molecule has 2 heterocycles. The van der Waals surface area contributed by atoms with Gasteiger partial charge in [0.25, 0.3) is 0 Å². The van der Waals surface area contributed by atoms with Crippen molar-refractivity contribution < 1.29 is 27.5 Å². The van der Waals surface area contributed by atoms with Gasteiger partial charge < -0.3 is 19.4 Å². The number of piperidine rings is 1. The molecule has 160 valence electrons. The Kier molecular flexibility index (Phi) is 5.95. The first-order chi connectivity index (χ1) is 13.6. The van der Waals surface area contributed by atoms with E-state index >= 15 is 0 Å². The lowest BCUT2D eigenvalue weighted by Gasteiger charge is -2.39. The highest BCUT2D eigenvalue weighted by atomic mass is 19.4. The summed E-state index contributed by atoms with van der Waals surface area (Å²) in [6, 6.07) is 5.36. The number of amides is 3. The number of rotatable bonds is 4. The van der Waals surface area contributed by atoms with Crippen LogP contribution >= 0.6 is 0 Å². The van der Waals surface area contributed by atoms with E-state index in [4.69, 9.17) is 0 Å². The van der Waals surface area contributed by atoms with Gasteiger partial charge in [-0.25, -0.2) is 4.79 Å². The summed E-state index contributed by atoms with van der Waals surface area (Å²) in [5, 5.41) is 0. The van der Waals surface area contributed by atoms with E-state index < -0.39 is 11.8 Å². The Morgan fingerprint density at radius 2 is 1.72 bits per heavy atom. The molecule has 1 spiro atoms. The predicted octanol–water partition coefficient (Wildman–Crippen LogP) is 3.87. The number of hydrogen-bond donors (Lipinski definition) is 0. The van der Waals surface area contributed by atoms with E-state index in [1.54, 1.807) is 21.7 Å². The summed E-state index contributed by atoms with van der Waals surface area (Å²) >= 11 is 0. The monoisotopic (exact) mass is 413 g/mol. The van der Waals surface area contributed by atoms with E-state index in [9.17, 15) is 22.8 Å². The Hall–Kier alpha value is -2.45. The van der Waals surface area contributed by atoms with E-state index in [1.165, 1.54) is 24.3 Å². The highest BCUT2D eigenvalue weighted by Crippen LogP contribution is 2.43. The minimum absolute atomic E-state index is 0.00995. The third-order valence-electron chi connectivity index (χ3n) is 5.77. The maximum atomic E-state index is 13.1. The minimum Gasteiger partial charge on any atom is -0.406 e. The Morgan fingerprint density at radius 3 is 2.28 bits per heavy atom. The summed E-state index contributed by atoms with van der Waals surface area (Å²) < 4.78 is 40.8. The van der Waals surface area contributed by atoms with Crippen LogP contribution in [0.1, 0.15) is 32.6 Å². The maximum Gasteiger partial charge on any atom is 0.573 e. The quantitative estimate of drug-likeness (QED) is 0.753. The van der Waals surface area contributed by atoms with E-state index in [-0.39, 0.29) is 17.7 Å². The molecule has 3 rings (SSSR count). The van der Waals surface area contributed by atoms with E-state index in [0.29, 0.717) is 51.1 Å². The Bertz CT molecular complexity index is 744. The standard InChI is InChI=1S/C20H26F3N3O3/c1-3-11-24(2)18(28)25-12-8-19(9-13-25)10-14-26(17(19)27)15-4-6-16(7-5-15)29-20(21,22)23/h4-7H,3,8-14H2,1-2H3. The van der Waals surface area contributed by atoms with Gasteiger partial charge in [0, 0.05) is 38.9 Å². The van der Waals surface area contributed by atoms with Crippen LogP contribution in [0, 0.1) is 5.41 Å². The number of likely N-dealkylation sites (tertiary alicyclic amines) is 1. The number of halogens is 3. The molecule has 0 aliphatic carbocycles. The largest absolute Gasteiger partial charge is 0.573 e. The second-order valence-corrected chi connectivity index (χ2v) is 7.72. The molecule has 29 heavy (non-hydrogen) atoms. The molecule has 3 amide bonds. The molecule has 2 aliphatic heterocycles. The van der Waals surface area contributed by atoms with Crippen LogP contribution in [-0.4, -0.2) is 61.3 Å². The van der Waals surface area contributed by atoms with Gasteiger partial charge in [-0.15, -0.1) is 13.2 Å². The molecule has 6 nitrogen and oxygen atoms in total. The zero-order valence-corrected chi connectivity index (χ0v) is 16.7. The fraction of sp³-hybridized carbons (Fsp3) is 0.600. The molecular formula is C20H26F3N3O3. The first kappa shape index (κ1) is 21.3. The first-order valence-electron chi connectivity index (χ1n) is 9.83. The van der Waals surface area contributed by atoms with Gasteiger partial charge in [-0.3, -0.25) is 4.79 Å². The normalized spacial score (nSPS) is 19.0. The number of urea groups is 1.